The summed E-state index contributed by atoms with van der Waals surface area (Å²) in [6.45, 7) is -0.398. The normalized spacial score (nSPS) is 9.59. The number of carbonyl (C=O) groups is 2. The quantitative estimate of drug-likeness (QED) is 0.741. The fourth-order valence-electron chi connectivity index (χ4n) is 1.06. The molecule has 0 N–H and O–H groups in total. The third-order valence-corrected chi connectivity index (χ3v) is 1.93. The number of hydrogen-bond acceptors (Lipinski definition) is 5. The summed E-state index contributed by atoms with van der Waals surface area (Å²) in [6, 6.07) is 3.55. The third-order valence-electron chi connectivity index (χ3n) is 1.93. The lowest BCUT2D eigenvalue weighted by molar-refractivity contribution is -0.142. The van der Waals surface area contributed by atoms with E-state index in [1.807, 2.05) is 0 Å². The van der Waals surface area contributed by atoms with Gasteiger partial charge in [0.15, 0.2) is 18.2 Å². The van der Waals surface area contributed by atoms with Gasteiger partial charge in [-0.25, -0.2) is 14.0 Å². The largest absolute Gasteiger partial charge is 0.479 e. The van der Waals surface area contributed by atoms with E-state index in [4.69, 9.17) is 4.74 Å². The highest BCUT2D eigenvalue weighted by Gasteiger charge is 2.11. The minimum Gasteiger partial charge on any atom is -0.479 e. The monoisotopic (exact) mass is 242 g/mol. The molecule has 0 unspecified atom stereocenters. The second kappa shape index (κ2) is 5.83. The standard InChI is InChI=1S/C11H11FO5/c1-15-10(13)6-17-9-4-3-7(5-8(9)12)11(14)16-2/h3-5H,6H2,1-2H3. The maximum atomic E-state index is 13.4. The molecule has 0 spiro atoms. The fraction of sp³-hybridized carbons (Fsp3) is 0.273. The molecule has 0 heterocycles. The van der Waals surface area contributed by atoms with Gasteiger partial charge in [0, 0.05) is 0 Å². The molecule has 92 valence electrons. The van der Waals surface area contributed by atoms with Crippen LogP contribution in [0.4, 0.5) is 4.39 Å². The summed E-state index contributed by atoms with van der Waals surface area (Å²) in [7, 11) is 2.39. The number of halogens is 1. The Bertz CT molecular complexity index is 430. The van der Waals surface area contributed by atoms with Crippen molar-refractivity contribution in [2.45, 2.75) is 0 Å². The number of carbonyl (C=O) groups excluding carboxylic acids is 2. The van der Waals surface area contributed by atoms with Gasteiger partial charge in [-0.2, -0.15) is 0 Å². The first-order valence-corrected chi connectivity index (χ1v) is 4.66. The Morgan fingerprint density at radius 1 is 1.24 bits per heavy atom. The van der Waals surface area contributed by atoms with E-state index in [1.54, 1.807) is 0 Å². The highest BCUT2D eigenvalue weighted by atomic mass is 19.1. The molecule has 1 rings (SSSR count). The summed E-state index contributed by atoms with van der Waals surface area (Å²) in [5, 5.41) is 0. The zero-order valence-corrected chi connectivity index (χ0v) is 9.36. The molecule has 1 aromatic carbocycles. The average Bonchev–Trinajstić information content (AvgIpc) is 2.35. The van der Waals surface area contributed by atoms with Gasteiger partial charge in [0.25, 0.3) is 0 Å². The number of benzene rings is 1. The Kier molecular flexibility index (Phi) is 4.45. The summed E-state index contributed by atoms with van der Waals surface area (Å²) < 4.78 is 27.0. The van der Waals surface area contributed by atoms with Crippen LogP contribution in [0.15, 0.2) is 18.2 Å². The fourth-order valence-corrected chi connectivity index (χ4v) is 1.06. The topological polar surface area (TPSA) is 61.8 Å². The van der Waals surface area contributed by atoms with Crippen LogP contribution in [0.1, 0.15) is 10.4 Å². The van der Waals surface area contributed by atoms with Gasteiger partial charge in [-0.05, 0) is 18.2 Å². The molecule has 0 aromatic heterocycles. The Labute approximate surface area is 97.1 Å². The number of hydrogen-bond donors (Lipinski definition) is 0. The zero-order chi connectivity index (χ0) is 12.8. The lowest BCUT2D eigenvalue weighted by Crippen LogP contribution is -2.13. The summed E-state index contributed by atoms with van der Waals surface area (Å²) in [6.07, 6.45) is 0. The Balaban J connectivity index is 2.76. The number of rotatable bonds is 4. The smallest absolute Gasteiger partial charge is 0.343 e. The van der Waals surface area contributed by atoms with Crippen LogP contribution in [0.25, 0.3) is 0 Å². The van der Waals surface area contributed by atoms with Crippen LogP contribution in [0.3, 0.4) is 0 Å². The SMILES string of the molecule is COC(=O)COc1ccc(C(=O)OC)cc1F. The van der Waals surface area contributed by atoms with Crippen LogP contribution in [0, 0.1) is 5.82 Å². The molecule has 1 aromatic rings. The molecule has 5 nitrogen and oxygen atoms in total. The summed E-state index contributed by atoms with van der Waals surface area (Å²) in [5.41, 5.74) is 0.0652. The lowest BCUT2D eigenvalue weighted by Gasteiger charge is -2.06. The zero-order valence-electron chi connectivity index (χ0n) is 9.36. The first-order chi connectivity index (χ1) is 8.08. The van der Waals surface area contributed by atoms with E-state index in [2.05, 4.69) is 9.47 Å². The van der Waals surface area contributed by atoms with Crippen molar-refractivity contribution in [3.05, 3.63) is 29.6 Å². The molecular weight excluding hydrogens is 231 g/mol. The first-order valence-electron chi connectivity index (χ1n) is 4.66. The van der Waals surface area contributed by atoms with E-state index in [0.717, 1.165) is 6.07 Å². The maximum Gasteiger partial charge on any atom is 0.343 e. The van der Waals surface area contributed by atoms with Crippen molar-refractivity contribution < 1.29 is 28.2 Å². The van der Waals surface area contributed by atoms with Crippen LogP contribution >= 0.6 is 0 Å². The number of ether oxygens (including phenoxy) is 3. The van der Waals surface area contributed by atoms with E-state index in [9.17, 15) is 14.0 Å². The van der Waals surface area contributed by atoms with Gasteiger partial charge >= 0.3 is 11.9 Å². The molecule has 6 heteroatoms. The summed E-state index contributed by atoms with van der Waals surface area (Å²) in [4.78, 5) is 21.9. The van der Waals surface area contributed by atoms with Crippen molar-refractivity contribution in [2.75, 3.05) is 20.8 Å². The lowest BCUT2D eigenvalue weighted by atomic mass is 10.2. The van der Waals surface area contributed by atoms with Crippen molar-refractivity contribution in [1.29, 1.82) is 0 Å². The highest BCUT2D eigenvalue weighted by Crippen LogP contribution is 2.18. The molecule has 0 amide bonds. The molecule has 0 radical (unpaired) electrons. The van der Waals surface area contributed by atoms with Crippen molar-refractivity contribution in [3.8, 4) is 5.75 Å². The molecule has 0 bridgehead atoms. The van der Waals surface area contributed by atoms with E-state index in [1.165, 1.54) is 26.4 Å². The van der Waals surface area contributed by atoms with Crippen molar-refractivity contribution in [1.82, 2.24) is 0 Å². The van der Waals surface area contributed by atoms with Crippen LogP contribution < -0.4 is 4.74 Å². The highest BCUT2D eigenvalue weighted by molar-refractivity contribution is 5.89. The van der Waals surface area contributed by atoms with Crippen molar-refractivity contribution in [3.63, 3.8) is 0 Å². The molecule has 0 saturated heterocycles. The molecule has 0 aliphatic rings. The predicted octanol–water partition coefficient (Wildman–Crippen LogP) is 1.16. The molecule has 0 atom stereocenters. The summed E-state index contributed by atoms with van der Waals surface area (Å²) in [5.74, 6) is -2.16. The van der Waals surface area contributed by atoms with E-state index < -0.39 is 24.4 Å². The molecular formula is C11H11FO5. The third kappa shape index (κ3) is 3.44. The van der Waals surface area contributed by atoms with Gasteiger partial charge < -0.3 is 14.2 Å². The van der Waals surface area contributed by atoms with Gasteiger partial charge in [-0.1, -0.05) is 0 Å². The second-order valence-corrected chi connectivity index (χ2v) is 3.00. The molecule has 0 fully saturated rings. The van der Waals surface area contributed by atoms with E-state index >= 15 is 0 Å². The Hall–Kier alpha value is -2.11. The predicted molar refractivity (Wildman–Crippen MR) is 55.3 cm³/mol. The van der Waals surface area contributed by atoms with Crippen molar-refractivity contribution in [2.24, 2.45) is 0 Å². The number of esters is 2. The van der Waals surface area contributed by atoms with Crippen LogP contribution in [0.5, 0.6) is 5.75 Å². The van der Waals surface area contributed by atoms with Crippen LogP contribution in [-0.4, -0.2) is 32.8 Å². The van der Waals surface area contributed by atoms with Gasteiger partial charge in [0.2, 0.25) is 0 Å². The van der Waals surface area contributed by atoms with Gasteiger partial charge in [-0.15, -0.1) is 0 Å². The van der Waals surface area contributed by atoms with Gasteiger partial charge in [-0.3, -0.25) is 0 Å². The molecule has 0 saturated carbocycles. The van der Waals surface area contributed by atoms with Crippen molar-refractivity contribution >= 4 is 11.9 Å². The van der Waals surface area contributed by atoms with Crippen LogP contribution in [-0.2, 0) is 14.3 Å². The maximum absolute atomic E-state index is 13.4. The number of methoxy groups -OCH3 is 2. The minimum absolute atomic E-state index is 0.0652. The Morgan fingerprint density at radius 2 is 1.94 bits per heavy atom. The van der Waals surface area contributed by atoms with E-state index in [0.29, 0.717) is 0 Å². The van der Waals surface area contributed by atoms with Gasteiger partial charge in [0.05, 0.1) is 19.8 Å². The Morgan fingerprint density at radius 3 is 2.47 bits per heavy atom. The first kappa shape index (κ1) is 13.0. The molecule has 0 aliphatic heterocycles. The average molecular weight is 242 g/mol. The molecule has 17 heavy (non-hydrogen) atoms. The molecule has 0 aliphatic carbocycles. The van der Waals surface area contributed by atoms with Gasteiger partial charge in [0.1, 0.15) is 0 Å². The van der Waals surface area contributed by atoms with Crippen LogP contribution in [0.2, 0.25) is 0 Å². The second-order valence-electron chi connectivity index (χ2n) is 3.00. The minimum atomic E-state index is -0.753. The van der Waals surface area contributed by atoms with E-state index in [-0.39, 0.29) is 11.3 Å². The summed E-state index contributed by atoms with van der Waals surface area (Å²) >= 11 is 0.